The molecule has 2 aromatic carbocycles. The Morgan fingerprint density at radius 3 is 2.43 bits per heavy atom. The lowest BCUT2D eigenvalue weighted by Crippen LogP contribution is -2.49. The topological polar surface area (TPSA) is 58.6 Å². The Bertz CT molecular complexity index is 1050. The van der Waals surface area contributed by atoms with E-state index in [9.17, 15) is 13.6 Å². The Kier molecular flexibility index (Phi) is 5.56. The van der Waals surface area contributed by atoms with Gasteiger partial charge in [0.05, 0.1) is 0 Å². The van der Waals surface area contributed by atoms with Crippen molar-refractivity contribution in [3.8, 4) is 11.6 Å². The van der Waals surface area contributed by atoms with E-state index in [1.54, 1.807) is 36.2 Å². The number of nitrogens with zero attached hydrogens (tertiary/aromatic N) is 4. The molecule has 0 saturated carbocycles. The first-order valence-corrected chi connectivity index (χ1v) is 9.56. The Balaban J connectivity index is 1.39. The molecule has 154 valence electrons. The van der Waals surface area contributed by atoms with E-state index in [0.29, 0.717) is 54.9 Å². The van der Waals surface area contributed by atoms with Crippen LogP contribution in [0.15, 0.2) is 54.7 Å². The van der Waals surface area contributed by atoms with Gasteiger partial charge in [0, 0.05) is 44.0 Å². The van der Waals surface area contributed by atoms with Crippen LogP contribution in [0.4, 0.5) is 14.7 Å². The van der Waals surface area contributed by atoms with Gasteiger partial charge < -0.3 is 14.5 Å². The largest absolute Gasteiger partial charge is 0.439 e. The molecule has 1 aromatic heterocycles. The Morgan fingerprint density at radius 2 is 1.73 bits per heavy atom. The second-order valence-electron chi connectivity index (χ2n) is 6.99. The van der Waals surface area contributed by atoms with E-state index >= 15 is 0 Å². The number of carbonyl (C=O) groups is 1. The number of hydrogen-bond acceptors (Lipinski definition) is 5. The molecular formula is C22H20F2N4O2. The molecule has 3 aromatic rings. The highest BCUT2D eigenvalue weighted by Crippen LogP contribution is 2.22. The molecule has 0 spiro atoms. The summed E-state index contributed by atoms with van der Waals surface area (Å²) < 4.78 is 32.5. The van der Waals surface area contributed by atoms with Gasteiger partial charge in [-0.05, 0) is 48.9 Å². The first-order valence-electron chi connectivity index (χ1n) is 9.56. The summed E-state index contributed by atoms with van der Waals surface area (Å²) in [6.45, 7) is 3.69. The van der Waals surface area contributed by atoms with Gasteiger partial charge in [0.1, 0.15) is 17.4 Å². The zero-order chi connectivity index (χ0) is 21.1. The van der Waals surface area contributed by atoms with Crippen molar-refractivity contribution in [3.05, 3.63) is 77.5 Å². The zero-order valence-corrected chi connectivity index (χ0v) is 16.4. The molecule has 1 fully saturated rings. The number of anilines is 1. The molecule has 1 saturated heterocycles. The summed E-state index contributed by atoms with van der Waals surface area (Å²) in [5, 5.41) is 0. The maximum atomic E-state index is 13.8. The van der Waals surface area contributed by atoms with Gasteiger partial charge in [-0.15, -0.1) is 0 Å². The number of piperazine rings is 1. The molecule has 2 heterocycles. The van der Waals surface area contributed by atoms with E-state index in [1.807, 2.05) is 4.90 Å². The third-order valence-corrected chi connectivity index (χ3v) is 4.92. The number of carbonyl (C=O) groups excluding carboxylic acids is 1. The summed E-state index contributed by atoms with van der Waals surface area (Å²) in [6, 6.07) is 11.8. The van der Waals surface area contributed by atoms with Crippen LogP contribution < -0.4 is 9.64 Å². The molecule has 1 aliphatic heterocycles. The third-order valence-electron chi connectivity index (χ3n) is 4.92. The predicted molar refractivity (Wildman–Crippen MR) is 108 cm³/mol. The van der Waals surface area contributed by atoms with Gasteiger partial charge in [-0.2, -0.15) is 4.98 Å². The normalized spacial score (nSPS) is 14.0. The smallest absolute Gasteiger partial charge is 0.254 e. The van der Waals surface area contributed by atoms with Crippen molar-refractivity contribution in [2.75, 3.05) is 31.1 Å². The predicted octanol–water partition coefficient (Wildman–Crippen LogP) is 3.82. The molecule has 4 rings (SSSR count). The first-order chi connectivity index (χ1) is 14.5. The van der Waals surface area contributed by atoms with Gasteiger partial charge >= 0.3 is 0 Å². The molecule has 6 nitrogen and oxygen atoms in total. The van der Waals surface area contributed by atoms with E-state index < -0.39 is 0 Å². The third kappa shape index (κ3) is 4.37. The van der Waals surface area contributed by atoms with Crippen LogP contribution in [0.3, 0.4) is 0 Å². The molecule has 1 amide bonds. The minimum atomic E-state index is -0.383. The first kappa shape index (κ1) is 19.8. The second-order valence-corrected chi connectivity index (χ2v) is 6.99. The molecule has 0 unspecified atom stereocenters. The van der Waals surface area contributed by atoms with Crippen LogP contribution in [0.1, 0.15) is 15.9 Å². The number of aryl methyl sites for hydroxylation is 1. The van der Waals surface area contributed by atoms with E-state index in [4.69, 9.17) is 4.74 Å². The van der Waals surface area contributed by atoms with E-state index in [-0.39, 0.29) is 17.5 Å². The number of benzene rings is 2. The van der Waals surface area contributed by atoms with Crippen molar-refractivity contribution in [3.63, 3.8) is 0 Å². The van der Waals surface area contributed by atoms with Crippen molar-refractivity contribution >= 4 is 11.9 Å². The van der Waals surface area contributed by atoms with Crippen molar-refractivity contribution in [2.24, 2.45) is 0 Å². The van der Waals surface area contributed by atoms with Gasteiger partial charge in [-0.25, -0.2) is 13.8 Å². The van der Waals surface area contributed by atoms with Crippen molar-refractivity contribution in [1.82, 2.24) is 14.9 Å². The summed E-state index contributed by atoms with van der Waals surface area (Å²) in [5.74, 6) is 0.394. The lowest BCUT2D eigenvalue weighted by Gasteiger charge is -2.34. The Hall–Kier alpha value is -3.55. The molecule has 8 heteroatoms. The number of aromatic nitrogens is 2. The van der Waals surface area contributed by atoms with Crippen LogP contribution in [-0.4, -0.2) is 47.0 Å². The maximum absolute atomic E-state index is 13.8. The lowest BCUT2D eigenvalue weighted by atomic mass is 10.1. The average molecular weight is 410 g/mol. The second kappa shape index (κ2) is 8.44. The van der Waals surface area contributed by atoms with Gasteiger partial charge in [0.25, 0.3) is 5.91 Å². The van der Waals surface area contributed by atoms with E-state index in [1.165, 1.54) is 30.3 Å². The van der Waals surface area contributed by atoms with E-state index in [0.717, 1.165) is 0 Å². The number of ether oxygens (including phenoxy) is 1. The van der Waals surface area contributed by atoms with Crippen LogP contribution in [0.2, 0.25) is 0 Å². The fraction of sp³-hybridized carbons (Fsp3) is 0.227. The number of rotatable bonds is 4. The molecule has 30 heavy (non-hydrogen) atoms. The SMILES string of the molecule is Cc1ccc(C(=O)N2CCN(c3nccc(Oc4ccc(F)cc4)n3)CC2)cc1F. The van der Waals surface area contributed by atoms with Crippen LogP contribution in [0, 0.1) is 18.6 Å². The maximum Gasteiger partial charge on any atom is 0.254 e. The average Bonchev–Trinajstić information content (AvgIpc) is 2.77. The van der Waals surface area contributed by atoms with Gasteiger partial charge in [-0.3, -0.25) is 4.79 Å². The highest BCUT2D eigenvalue weighted by Gasteiger charge is 2.24. The molecular weight excluding hydrogens is 390 g/mol. The Morgan fingerprint density at radius 1 is 1.00 bits per heavy atom. The lowest BCUT2D eigenvalue weighted by molar-refractivity contribution is 0.0745. The molecule has 1 aliphatic rings. The summed E-state index contributed by atoms with van der Waals surface area (Å²) in [4.78, 5) is 25.0. The molecule has 0 bridgehead atoms. The van der Waals surface area contributed by atoms with Crippen molar-refractivity contribution in [1.29, 1.82) is 0 Å². The minimum Gasteiger partial charge on any atom is -0.439 e. The van der Waals surface area contributed by atoms with Gasteiger partial charge in [-0.1, -0.05) is 6.07 Å². The van der Waals surface area contributed by atoms with Gasteiger partial charge in [0.15, 0.2) is 0 Å². The summed E-state index contributed by atoms with van der Waals surface area (Å²) >= 11 is 0. The standard InChI is InChI=1S/C22H20F2N4O2/c1-15-2-3-16(14-19(15)24)21(29)27-10-12-28(13-11-27)22-25-9-8-20(26-22)30-18-6-4-17(23)5-7-18/h2-9,14H,10-13H2,1H3. The molecule has 0 N–H and O–H groups in total. The number of amides is 1. The molecule has 0 atom stereocenters. The number of halogens is 2. The number of hydrogen-bond donors (Lipinski definition) is 0. The fourth-order valence-electron chi connectivity index (χ4n) is 3.18. The van der Waals surface area contributed by atoms with Crippen LogP contribution in [-0.2, 0) is 0 Å². The fourth-order valence-corrected chi connectivity index (χ4v) is 3.18. The van der Waals surface area contributed by atoms with Crippen molar-refractivity contribution < 1.29 is 18.3 Å². The highest BCUT2D eigenvalue weighted by atomic mass is 19.1. The zero-order valence-electron chi connectivity index (χ0n) is 16.4. The highest BCUT2D eigenvalue weighted by molar-refractivity contribution is 5.94. The summed E-state index contributed by atoms with van der Waals surface area (Å²) in [7, 11) is 0. The van der Waals surface area contributed by atoms with Crippen LogP contribution in [0.5, 0.6) is 11.6 Å². The minimum absolute atomic E-state index is 0.192. The monoisotopic (exact) mass is 410 g/mol. The molecule has 0 radical (unpaired) electrons. The summed E-state index contributed by atoms with van der Waals surface area (Å²) in [6.07, 6.45) is 1.59. The Labute approximate surface area is 172 Å². The quantitative estimate of drug-likeness (QED) is 0.655. The van der Waals surface area contributed by atoms with Gasteiger partial charge in [0.2, 0.25) is 11.8 Å². The summed E-state index contributed by atoms with van der Waals surface area (Å²) in [5.41, 5.74) is 0.855. The van der Waals surface area contributed by atoms with Crippen molar-refractivity contribution in [2.45, 2.75) is 6.92 Å². The van der Waals surface area contributed by atoms with Crippen LogP contribution >= 0.6 is 0 Å². The molecule has 0 aliphatic carbocycles. The van der Waals surface area contributed by atoms with Crippen LogP contribution in [0.25, 0.3) is 0 Å². The van der Waals surface area contributed by atoms with E-state index in [2.05, 4.69) is 9.97 Å².